The summed E-state index contributed by atoms with van der Waals surface area (Å²) in [5, 5.41) is 2.86. The van der Waals surface area contributed by atoms with E-state index in [1.54, 1.807) is 74.7 Å². The summed E-state index contributed by atoms with van der Waals surface area (Å²) in [6, 6.07) is 19.3. The number of rotatable bonds is 10. The molecule has 1 amide bonds. The van der Waals surface area contributed by atoms with Gasteiger partial charge in [0.05, 0.1) is 38.0 Å². The summed E-state index contributed by atoms with van der Waals surface area (Å²) in [7, 11) is 0.555. The Bertz CT molecular complexity index is 1230. The largest absolute Gasteiger partial charge is 0.497 e. The molecule has 0 fully saturated rings. The van der Waals surface area contributed by atoms with Crippen molar-refractivity contribution < 1.29 is 27.4 Å². The van der Waals surface area contributed by atoms with Crippen molar-refractivity contribution in [2.75, 3.05) is 32.2 Å². The molecular formula is C25H28N2O6S. The van der Waals surface area contributed by atoms with E-state index >= 15 is 0 Å². The minimum Gasteiger partial charge on any atom is -0.497 e. The van der Waals surface area contributed by atoms with Gasteiger partial charge in [0, 0.05) is 11.6 Å². The minimum atomic E-state index is -4.03. The average molecular weight is 485 g/mol. The highest BCUT2D eigenvalue weighted by Gasteiger charge is 2.28. The van der Waals surface area contributed by atoms with Gasteiger partial charge >= 0.3 is 0 Å². The number of hydrogen-bond acceptors (Lipinski definition) is 6. The Morgan fingerprint density at radius 2 is 1.56 bits per heavy atom. The monoisotopic (exact) mass is 484 g/mol. The van der Waals surface area contributed by atoms with Gasteiger partial charge in [-0.15, -0.1) is 0 Å². The van der Waals surface area contributed by atoms with Crippen LogP contribution in [0, 0.1) is 0 Å². The summed E-state index contributed by atoms with van der Waals surface area (Å²) < 4.78 is 44.0. The summed E-state index contributed by atoms with van der Waals surface area (Å²) >= 11 is 0. The maximum atomic E-state index is 13.5. The van der Waals surface area contributed by atoms with Gasteiger partial charge in [-0.1, -0.05) is 24.3 Å². The molecule has 3 aromatic carbocycles. The maximum Gasteiger partial charge on any atom is 0.264 e. The van der Waals surface area contributed by atoms with E-state index in [0.717, 1.165) is 4.31 Å². The number of methoxy groups -OCH3 is 3. The molecule has 0 spiro atoms. The molecule has 9 heteroatoms. The lowest BCUT2D eigenvalue weighted by molar-refractivity contribution is -0.120. The van der Waals surface area contributed by atoms with E-state index in [-0.39, 0.29) is 4.90 Å². The van der Waals surface area contributed by atoms with Crippen LogP contribution >= 0.6 is 0 Å². The summed E-state index contributed by atoms with van der Waals surface area (Å²) in [5.41, 5.74) is 1.01. The molecule has 0 bridgehead atoms. The molecule has 0 heterocycles. The Hall–Kier alpha value is -3.72. The molecular weight excluding hydrogens is 456 g/mol. The van der Waals surface area contributed by atoms with Crippen molar-refractivity contribution in [3.63, 3.8) is 0 Å². The highest BCUT2D eigenvalue weighted by molar-refractivity contribution is 7.92. The molecule has 8 nitrogen and oxygen atoms in total. The number of nitrogens with zero attached hydrogens (tertiary/aromatic N) is 1. The normalized spacial score (nSPS) is 11.9. The summed E-state index contributed by atoms with van der Waals surface area (Å²) in [6.07, 6.45) is 0. The van der Waals surface area contributed by atoms with Crippen LogP contribution in [0.4, 0.5) is 5.69 Å². The highest BCUT2D eigenvalue weighted by Crippen LogP contribution is 2.30. The van der Waals surface area contributed by atoms with Gasteiger partial charge in [0.2, 0.25) is 5.91 Å². The molecule has 0 aliphatic carbocycles. The van der Waals surface area contributed by atoms with E-state index in [2.05, 4.69) is 5.32 Å². The number of benzene rings is 3. The molecule has 3 aromatic rings. The fourth-order valence-electron chi connectivity index (χ4n) is 3.47. The third-order valence-electron chi connectivity index (χ3n) is 5.24. The number of amides is 1. The smallest absolute Gasteiger partial charge is 0.264 e. The molecule has 0 saturated heterocycles. The van der Waals surface area contributed by atoms with E-state index in [9.17, 15) is 13.2 Å². The number of hydrogen-bond donors (Lipinski definition) is 1. The number of ether oxygens (including phenoxy) is 3. The predicted octanol–water partition coefficient (Wildman–Crippen LogP) is 3.79. The Kier molecular flexibility index (Phi) is 8.01. The first-order valence-corrected chi connectivity index (χ1v) is 12.0. The molecule has 0 aliphatic heterocycles. The fourth-order valence-corrected chi connectivity index (χ4v) is 4.91. The van der Waals surface area contributed by atoms with Crippen LogP contribution in [-0.2, 0) is 14.8 Å². The SMILES string of the molecule is COc1cccc(N(CC(=O)N[C@@H](C)c2cc(OC)ccc2OC)S(=O)(=O)c2ccccc2)c1. The van der Waals surface area contributed by atoms with Crippen molar-refractivity contribution >= 4 is 21.6 Å². The second-order valence-electron chi connectivity index (χ2n) is 7.42. The first-order valence-electron chi connectivity index (χ1n) is 10.5. The van der Waals surface area contributed by atoms with Gasteiger partial charge in [0.15, 0.2) is 0 Å². The standard InChI is InChI=1S/C25H28N2O6S/c1-18(23-16-21(32-3)13-14-24(23)33-4)26-25(28)17-27(19-9-8-10-20(15-19)31-2)34(29,30)22-11-6-5-7-12-22/h5-16,18H,17H2,1-4H3,(H,26,28)/t18-/m0/s1. The van der Waals surface area contributed by atoms with Crippen LogP contribution in [-0.4, -0.2) is 42.2 Å². The summed E-state index contributed by atoms with van der Waals surface area (Å²) in [6.45, 7) is 1.36. The van der Waals surface area contributed by atoms with Crippen molar-refractivity contribution in [1.29, 1.82) is 0 Å². The van der Waals surface area contributed by atoms with Crippen molar-refractivity contribution in [3.8, 4) is 17.2 Å². The topological polar surface area (TPSA) is 94.2 Å². The Morgan fingerprint density at radius 3 is 2.21 bits per heavy atom. The molecule has 0 aliphatic rings. The lowest BCUT2D eigenvalue weighted by atomic mass is 10.1. The van der Waals surface area contributed by atoms with Gasteiger partial charge in [0.25, 0.3) is 10.0 Å². The van der Waals surface area contributed by atoms with Gasteiger partial charge in [-0.25, -0.2) is 8.42 Å². The molecule has 1 atom stereocenters. The molecule has 3 rings (SSSR count). The third kappa shape index (κ3) is 5.60. The van der Waals surface area contributed by atoms with Crippen LogP contribution in [0.1, 0.15) is 18.5 Å². The van der Waals surface area contributed by atoms with E-state index in [1.807, 2.05) is 0 Å². The quantitative estimate of drug-likeness (QED) is 0.471. The van der Waals surface area contributed by atoms with Crippen LogP contribution in [0.25, 0.3) is 0 Å². The maximum absolute atomic E-state index is 13.5. The second kappa shape index (κ2) is 10.9. The first kappa shape index (κ1) is 24.9. The highest BCUT2D eigenvalue weighted by atomic mass is 32.2. The minimum absolute atomic E-state index is 0.0770. The number of nitrogens with one attached hydrogen (secondary N) is 1. The van der Waals surface area contributed by atoms with Crippen LogP contribution in [0.3, 0.4) is 0 Å². The van der Waals surface area contributed by atoms with Gasteiger partial charge in [-0.05, 0) is 49.4 Å². The van der Waals surface area contributed by atoms with Gasteiger partial charge in [-0.2, -0.15) is 0 Å². The van der Waals surface area contributed by atoms with Crippen molar-refractivity contribution in [2.45, 2.75) is 17.9 Å². The van der Waals surface area contributed by atoms with E-state index in [4.69, 9.17) is 14.2 Å². The lowest BCUT2D eigenvalue weighted by Gasteiger charge is -2.25. The summed E-state index contributed by atoms with van der Waals surface area (Å²) in [5.74, 6) is 1.18. The number of sulfonamides is 1. The van der Waals surface area contributed by atoms with Crippen LogP contribution in [0.5, 0.6) is 17.2 Å². The number of carbonyl (C=O) groups is 1. The number of anilines is 1. The molecule has 0 unspecified atom stereocenters. The van der Waals surface area contributed by atoms with Crippen molar-refractivity contribution in [1.82, 2.24) is 5.32 Å². The van der Waals surface area contributed by atoms with Crippen molar-refractivity contribution in [2.24, 2.45) is 0 Å². The third-order valence-corrected chi connectivity index (χ3v) is 7.03. The zero-order valence-electron chi connectivity index (χ0n) is 19.5. The molecule has 34 heavy (non-hydrogen) atoms. The average Bonchev–Trinajstić information content (AvgIpc) is 2.87. The van der Waals surface area contributed by atoms with Gasteiger partial charge in [0.1, 0.15) is 23.8 Å². The number of carbonyl (C=O) groups excluding carboxylic acids is 1. The summed E-state index contributed by atoms with van der Waals surface area (Å²) in [4.78, 5) is 13.2. The van der Waals surface area contributed by atoms with E-state index in [1.165, 1.54) is 26.4 Å². The zero-order valence-corrected chi connectivity index (χ0v) is 20.3. The molecule has 1 N–H and O–H groups in total. The zero-order chi connectivity index (χ0) is 24.7. The Balaban J connectivity index is 1.92. The van der Waals surface area contributed by atoms with E-state index in [0.29, 0.717) is 28.5 Å². The predicted molar refractivity (Wildman–Crippen MR) is 130 cm³/mol. The van der Waals surface area contributed by atoms with Crippen LogP contribution in [0.15, 0.2) is 77.7 Å². The fraction of sp³-hybridized carbons (Fsp3) is 0.240. The van der Waals surface area contributed by atoms with E-state index < -0.39 is 28.5 Å². The van der Waals surface area contributed by atoms with Gasteiger partial charge in [-0.3, -0.25) is 9.10 Å². The Morgan fingerprint density at radius 1 is 0.882 bits per heavy atom. The molecule has 0 aromatic heterocycles. The Labute approximate surface area is 200 Å². The van der Waals surface area contributed by atoms with Crippen LogP contribution < -0.4 is 23.8 Å². The van der Waals surface area contributed by atoms with Gasteiger partial charge < -0.3 is 19.5 Å². The molecule has 0 saturated carbocycles. The second-order valence-corrected chi connectivity index (χ2v) is 9.29. The van der Waals surface area contributed by atoms with Crippen LogP contribution in [0.2, 0.25) is 0 Å². The molecule has 180 valence electrons. The lowest BCUT2D eigenvalue weighted by Crippen LogP contribution is -2.41. The molecule has 0 radical (unpaired) electrons. The van der Waals surface area contributed by atoms with Crippen molar-refractivity contribution in [3.05, 3.63) is 78.4 Å². The first-order chi connectivity index (χ1) is 16.3.